The fourth-order valence-corrected chi connectivity index (χ4v) is 3.58. The molecule has 0 saturated heterocycles. The maximum absolute atomic E-state index is 13.0. The molecule has 1 atom stereocenters. The zero-order chi connectivity index (χ0) is 27.6. The summed E-state index contributed by atoms with van der Waals surface area (Å²) >= 11 is 0. The highest BCUT2D eigenvalue weighted by Gasteiger charge is 2.26. The predicted molar refractivity (Wildman–Crippen MR) is 126 cm³/mol. The van der Waals surface area contributed by atoms with E-state index in [0.717, 1.165) is 19.2 Å². The number of hydrogen-bond acceptors (Lipinski definition) is 14. The normalized spacial score (nSPS) is 11.5. The monoisotopic (exact) mass is 535 g/mol. The molecule has 0 aliphatic heterocycles. The second-order valence-electron chi connectivity index (χ2n) is 6.62. The molecule has 0 fully saturated rings. The van der Waals surface area contributed by atoms with E-state index in [1.807, 2.05) is 0 Å². The number of hydrogen-bond donors (Lipinski definition) is 3. The average Bonchev–Trinajstić information content (AvgIpc) is 2.87. The number of ether oxygens (including phenoxy) is 4. The van der Waals surface area contributed by atoms with Gasteiger partial charge in [0, 0.05) is 0 Å². The molecule has 1 unspecified atom stereocenters. The van der Waals surface area contributed by atoms with Gasteiger partial charge in [-0.3, -0.25) is 10.7 Å². The molecular weight excluding hydrogens is 514 g/mol. The van der Waals surface area contributed by atoms with Crippen LogP contribution in [0.25, 0.3) is 0 Å². The summed E-state index contributed by atoms with van der Waals surface area (Å²) < 4.78 is 46.9. The number of sulfonamides is 1. The largest absolute Gasteiger partial charge is 0.481 e. The Labute approximate surface area is 210 Å². The first kappa shape index (κ1) is 28.3. The van der Waals surface area contributed by atoms with Crippen LogP contribution in [-0.2, 0) is 24.3 Å². The minimum absolute atomic E-state index is 0.00619. The molecular formula is C20H21N7O9S. The molecule has 3 N–H and O–H groups in total. The van der Waals surface area contributed by atoms with Crippen molar-refractivity contribution in [3.8, 4) is 17.8 Å². The van der Waals surface area contributed by atoms with E-state index in [0.29, 0.717) is 6.21 Å². The number of esters is 2. The standard InChI is InChI=1S/C20H21N7O9S/c1-11(9-21)36-17(28)10-22-26-12-5-6-13(18(29)35-4)14(7-12)37(31,32)27-20(30)25-19-23-15(33-2)8-16(24-19)34-3/h5-8,10-11,26H,1-4H3,(H2,23,24,25,27,30). The number of carbonyl (C=O) groups excluding carboxylic acids is 3. The summed E-state index contributed by atoms with van der Waals surface area (Å²) in [6.07, 6.45) is -0.291. The van der Waals surface area contributed by atoms with Crippen LogP contribution in [0.3, 0.4) is 0 Å². The molecule has 1 heterocycles. The van der Waals surface area contributed by atoms with Crippen molar-refractivity contribution >= 4 is 45.8 Å². The van der Waals surface area contributed by atoms with Crippen molar-refractivity contribution in [3.63, 3.8) is 0 Å². The Bertz CT molecular complexity index is 1330. The number of benzene rings is 1. The molecule has 2 rings (SSSR count). The van der Waals surface area contributed by atoms with Gasteiger partial charge in [0.25, 0.3) is 10.0 Å². The number of carbonyl (C=O) groups is 3. The van der Waals surface area contributed by atoms with E-state index in [1.165, 1.54) is 33.3 Å². The highest BCUT2D eigenvalue weighted by atomic mass is 32.2. The smallest absolute Gasteiger partial charge is 0.352 e. The Kier molecular flexibility index (Phi) is 9.66. The van der Waals surface area contributed by atoms with Crippen LogP contribution in [0.4, 0.5) is 16.4 Å². The number of hydrazone groups is 1. The number of nitrogens with zero attached hydrogens (tertiary/aromatic N) is 4. The van der Waals surface area contributed by atoms with Crippen LogP contribution in [0.1, 0.15) is 17.3 Å². The van der Waals surface area contributed by atoms with Gasteiger partial charge in [0.05, 0.1) is 38.6 Å². The summed E-state index contributed by atoms with van der Waals surface area (Å²) in [4.78, 5) is 43.2. The van der Waals surface area contributed by atoms with Crippen molar-refractivity contribution in [2.24, 2.45) is 5.10 Å². The lowest BCUT2D eigenvalue weighted by molar-refractivity contribution is -0.137. The third kappa shape index (κ3) is 8.03. The van der Waals surface area contributed by atoms with E-state index in [4.69, 9.17) is 14.7 Å². The van der Waals surface area contributed by atoms with Crippen LogP contribution in [0.15, 0.2) is 34.3 Å². The Hall–Kier alpha value is -4.98. The predicted octanol–water partition coefficient (Wildman–Crippen LogP) is 0.644. The second-order valence-corrected chi connectivity index (χ2v) is 8.27. The van der Waals surface area contributed by atoms with Crippen molar-refractivity contribution in [1.82, 2.24) is 14.7 Å². The molecule has 37 heavy (non-hydrogen) atoms. The van der Waals surface area contributed by atoms with Gasteiger partial charge in [-0.05, 0) is 25.1 Å². The van der Waals surface area contributed by atoms with Crippen LogP contribution in [-0.4, -0.2) is 70.0 Å². The molecule has 1 aromatic heterocycles. The van der Waals surface area contributed by atoms with Crippen molar-refractivity contribution in [3.05, 3.63) is 29.8 Å². The van der Waals surface area contributed by atoms with Crippen LogP contribution in [0.2, 0.25) is 0 Å². The lowest BCUT2D eigenvalue weighted by atomic mass is 10.2. The maximum atomic E-state index is 13.0. The topological polar surface area (TPSA) is 220 Å². The third-order valence-electron chi connectivity index (χ3n) is 4.06. The first-order valence-corrected chi connectivity index (χ1v) is 11.4. The SMILES string of the molecule is COC(=O)c1ccc(NN=CC(=O)OC(C)C#N)cc1S(=O)(=O)NC(=O)Nc1nc(OC)cc(OC)n1. The molecule has 2 aromatic rings. The van der Waals surface area contributed by atoms with Crippen molar-refractivity contribution in [2.45, 2.75) is 17.9 Å². The number of nitriles is 1. The van der Waals surface area contributed by atoms with Crippen molar-refractivity contribution in [1.29, 1.82) is 5.26 Å². The molecule has 0 aliphatic rings. The molecule has 16 nitrogen and oxygen atoms in total. The lowest BCUT2D eigenvalue weighted by Gasteiger charge is -2.13. The molecule has 0 bridgehead atoms. The van der Waals surface area contributed by atoms with Crippen LogP contribution in [0.5, 0.6) is 11.8 Å². The van der Waals surface area contributed by atoms with Gasteiger partial charge < -0.3 is 18.9 Å². The van der Waals surface area contributed by atoms with Crippen molar-refractivity contribution < 1.29 is 41.7 Å². The van der Waals surface area contributed by atoms with Crippen LogP contribution in [0, 0.1) is 11.3 Å². The van der Waals surface area contributed by atoms with Gasteiger partial charge in [0.1, 0.15) is 17.2 Å². The maximum Gasteiger partial charge on any atom is 0.352 e. The van der Waals surface area contributed by atoms with Gasteiger partial charge in [0.15, 0.2) is 6.10 Å². The Morgan fingerprint density at radius 3 is 2.32 bits per heavy atom. The number of rotatable bonds is 10. The summed E-state index contributed by atoms with van der Waals surface area (Å²) in [6, 6.07) is 5.09. The minimum atomic E-state index is -4.68. The van der Waals surface area contributed by atoms with Gasteiger partial charge >= 0.3 is 18.0 Å². The molecule has 0 saturated carbocycles. The third-order valence-corrected chi connectivity index (χ3v) is 5.44. The highest BCUT2D eigenvalue weighted by Crippen LogP contribution is 2.22. The number of methoxy groups -OCH3 is 3. The molecule has 196 valence electrons. The first-order chi connectivity index (χ1) is 17.5. The highest BCUT2D eigenvalue weighted by molar-refractivity contribution is 7.90. The summed E-state index contributed by atoms with van der Waals surface area (Å²) in [5.74, 6) is -2.22. The quantitative estimate of drug-likeness (QED) is 0.216. The number of amides is 2. The lowest BCUT2D eigenvalue weighted by Crippen LogP contribution is -2.35. The number of aromatic nitrogens is 2. The van der Waals surface area contributed by atoms with Gasteiger partial charge in [-0.25, -0.2) is 27.5 Å². The molecule has 17 heteroatoms. The fraction of sp³-hybridized carbons (Fsp3) is 0.250. The first-order valence-electron chi connectivity index (χ1n) is 9.95. The van der Waals surface area contributed by atoms with E-state index in [1.54, 1.807) is 10.8 Å². The Balaban J connectivity index is 2.28. The average molecular weight is 535 g/mol. The van der Waals surface area contributed by atoms with Gasteiger partial charge in [0.2, 0.25) is 17.7 Å². The van der Waals surface area contributed by atoms with Gasteiger partial charge in [-0.2, -0.15) is 20.3 Å². The van der Waals surface area contributed by atoms with E-state index < -0.39 is 44.6 Å². The zero-order valence-corrected chi connectivity index (χ0v) is 20.7. The van der Waals surface area contributed by atoms with E-state index in [9.17, 15) is 22.8 Å². The molecule has 2 amide bonds. The number of urea groups is 1. The summed E-state index contributed by atoms with van der Waals surface area (Å²) in [6.45, 7) is 1.35. The second kappa shape index (κ2) is 12.6. The molecule has 0 radical (unpaired) electrons. The minimum Gasteiger partial charge on any atom is -0.481 e. The molecule has 1 aromatic carbocycles. The van der Waals surface area contributed by atoms with Crippen LogP contribution < -0.4 is 24.9 Å². The zero-order valence-electron chi connectivity index (χ0n) is 19.8. The van der Waals surface area contributed by atoms with Gasteiger partial charge in [-0.15, -0.1) is 0 Å². The Morgan fingerprint density at radius 1 is 1.11 bits per heavy atom. The summed E-state index contributed by atoms with van der Waals surface area (Å²) in [7, 11) is -1.02. The van der Waals surface area contributed by atoms with Crippen LogP contribution >= 0.6 is 0 Å². The van der Waals surface area contributed by atoms with Crippen molar-refractivity contribution in [2.75, 3.05) is 32.1 Å². The Morgan fingerprint density at radius 2 is 1.76 bits per heavy atom. The van der Waals surface area contributed by atoms with E-state index >= 15 is 0 Å². The van der Waals surface area contributed by atoms with Gasteiger partial charge in [-0.1, -0.05) is 0 Å². The fourth-order valence-electron chi connectivity index (χ4n) is 2.46. The van der Waals surface area contributed by atoms with E-state index in [2.05, 4.69) is 35.3 Å². The summed E-state index contributed by atoms with van der Waals surface area (Å²) in [5.41, 5.74) is 1.98. The molecule has 0 aliphatic carbocycles. The number of nitrogens with one attached hydrogen (secondary N) is 3. The molecule has 0 spiro atoms. The number of anilines is 2. The van der Waals surface area contributed by atoms with E-state index in [-0.39, 0.29) is 23.4 Å². The summed E-state index contributed by atoms with van der Waals surface area (Å²) in [5, 5.41) is 14.3.